The smallest absolute Gasteiger partial charge is 0.0642 e. The highest BCUT2D eigenvalue weighted by Gasteiger charge is 2.15. The first kappa shape index (κ1) is 14.4. The Kier molecular flexibility index (Phi) is 3.88. The highest BCUT2D eigenvalue weighted by molar-refractivity contribution is 5.99. The summed E-state index contributed by atoms with van der Waals surface area (Å²) in [5.74, 6) is 0. The van der Waals surface area contributed by atoms with E-state index in [0.717, 1.165) is 0 Å². The fourth-order valence-corrected chi connectivity index (χ4v) is 3.08. The minimum atomic E-state index is 0. The van der Waals surface area contributed by atoms with Crippen LogP contribution in [0, 0.1) is 6.42 Å². The molecule has 0 fully saturated rings. The third kappa shape index (κ3) is 2.41. The van der Waals surface area contributed by atoms with Crippen molar-refractivity contribution in [3.8, 4) is 11.1 Å². The first-order valence-corrected chi connectivity index (χ1v) is 6.97. The zero-order valence-corrected chi connectivity index (χ0v) is 11.4. The molecule has 1 aliphatic carbocycles. The maximum Gasteiger partial charge on any atom is 0.316 e. The molecule has 0 unspecified atom stereocenters. The Morgan fingerprint density at radius 2 is 1.43 bits per heavy atom. The zero-order valence-electron chi connectivity index (χ0n) is 11.4. The number of hydrogen-bond acceptors (Lipinski definition) is 0. The fraction of sp³-hybridized carbons (Fsp3) is 0.0500. The molecular formula is C20H17Mg. The van der Waals surface area contributed by atoms with Crippen LogP contribution in [0.25, 0.3) is 28.0 Å². The molecular weight excluding hydrogens is 265 g/mol. The second-order valence-electron chi connectivity index (χ2n) is 5.37. The van der Waals surface area contributed by atoms with Crippen LogP contribution < -0.4 is 0 Å². The Labute approximate surface area is 141 Å². The predicted molar refractivity (Wildman–Crippen MR) is 95.0 cm³/mol. The number of fused-ring (bicyclic) bond motifs is 2. The third-order valence-corrected chi connectivity index (χ3v) is 3.97. The van der Waals surface area contributed by atoms with Crippen molar-refractivity contribution in [2.45, 2.75) is 6.92 Å². The van der Waals surface area contributed by atoms with Crippen molar-refractivity contribution in [3.05, 3.63) is 83.8 Å². The van der Waals surface area contributed by atoms with Crippen LogP contribution in [0.4, 0.5) is 0 Å². The van der Waals surface area contributed by atoms with Gasteiger partial charge in [0.1, 0.15) is 0 Å². The van der Waals surface area contributed by atoms with Crippen LogP contribution in [0.1, 0.15) is 18.1 Å². The zero-order chi connectivity index (χ0) is 13.5. The first-order chi connectivity index (χ1) is 9.83. The lowest BCUT2D eigenvalue weighted by atomic mass is 9.93. The normalized spacial score (nSPS) is 12.7. The summed E-state index contributed by atoms with van der Waals surface area (Å²) in [4.78, 5) is 0. The van der Waals surface area contributed by atoms with Gasteiger partial charge in [0.15, 0.2) is 0 Å². The SMILES string of the molecule is CC1=Cc2c(cccc2-c2cccc3ccccc23)[CH]1.[MgH2]. The lowest BCUT2D eigenvalue weighted by Crippen LogP contribution is -1.87. The summed E-state index contributed by atoms with van der Waals surface area (Å²) >= 11 is 0. The largest absolute Gasteiger partial charge is 0.316 e. The Morgan fingerprint density at radius 1 is 0.714 bits per heavy atom. The molecule has 0 aromatic heterocycles. The van der Waals surface area contributed by atoms with E-state index in [1.165, 1.54) is 38.6 Å². The summed E-state index contributed by atoms with van der Waals surface area (Å²) in [6.07, 6.45) is 4.54. The fourth-order valence-electron chi connectivity index (χ4n) is 3.08. The lowest BCUT2D eigenvalue weighted by Gasteiger charge is -2.11. The van der Waals surface area contributed by atoms with Crippen molar-refractivity contribution >= 4 is 39.9 Å². The minimum absolute atomic E-state index is 0. The number of allylic oxidation sites excluding steroid dienone is 1. The van der Waals surface area contributed by atoms with Crippen molar-refractivity contribution in [2.24, 2.45) is 0 Å². The Bertz CT molecular complexity index is 838. The Balaban J connectivity index is 0.00000132. The average Bonchev–Trinajstić information content (AvgIpc) is 2.87. The van der Waals surface area contributed by atoms with Gasteiger partial charge in [0.2, 0.25) is 0 Å². The van der Waals surface area contributed by atoms with E-state index in [4.69, 9.17) is 0 Å². The van der Waals surface area contributed by atoms with Crippen molar-refractivity contribution in [1.82, 2.24) is 0 Å². The van der Waals surface area contributed by atoms with E-state index in [2.05, 4.69) is 80.1 Å². The van der Waals surface area contributed by atoms with Gasteiger partial charge in [0.25, 0.3) is 0 Å². The topological polar surface area (TPSA) is 0 Å². The van der Waals surface area contributed by atoms with Crippen LogP contribution in [0.15, 0.2) is 66.2 Å². The summed E-state index contributed by atoms with van der Waals surface area (Å²) in [6.45, 7) is 2.16. The van der Waals surface area contributed by atoms with Crippen LogP contribution in [0.5, 0.6) is 0 Å². The highest BCUT2D eigenvalue weighted by Crippen LogP contribution is 2.37. The van der Waals surface area contributed by atoms with Gasteiger partial charge >= 0.3 is 23.1 Å². The monoisotopic (exact) mass is 281 g/mol. The van der Waals surface area contributed by atoms with Gasteiger partial charge in [0.05, 0.1) is 0 Å². The van der Waals surface area contributed by atoms with Crippen LogP contribution in [0.3, 0.4) is 0 Å². The van der Waals surface area contributed by atoms with E-state index in [1.54, 1.807) is 0 Å². The van der Waals surface area contributed by atoms with Gasteiger partial charge in [-0.2, -0.15) is 0 Å². The molecule has 0 atom stereocenters. The van der Waals surface area contributed by atoms with E-state index in [1.807, 2.05) is 0 Å². The second kappa shape index (κ2) is 5.67. The van der Waals surface area contributed by atoms with E-state index in [0.29, 0.717) is 0 Å². The lowest BCUT2D eigenvalue weighted by molar-refractivity contribution is 1.45. The quantitative estimate of drug-likeness (QED) is 0.574. The van der Waals surface area contributed by atoms with Crippen LogP contribution >= 0.6 is 0 Å². The van der Waals surface area contributed by atoms with E-state index >= 15 is 0 Å². The van der Waals surface area contributed by atoms with Crippen LogP contribution in [-0.2, 0) is 0 Å². The molecule has 0 nitrogen and oxygen atoms in total. The summed E-state index contributed by atoms with van der Waals surface area (Å²) in [7, 11) is 0. The molecule has 1 radical (unpaired) electrons. The van der Waals surface area contributed by atoms with Gasteiger partial charge in [-0.3, -0.25) is 0 Å². The van der Waals surface area contributed by atoms with Crippen molar-refractivity contribution in [3.63, 3.8) is 0 Å². The van der Waals surface area contributed by atoms with Crippen LogP contribution in [0.2, 0.25) is 0 Å². The Morgan fingerprint density at radius 3 is 2.33 bits per heavy atom. The van der Waals surface area contributed by atoms with Crippen molar-refractivity contribution < 1.29 is 0 Å². The summed E-state index contributed by atoms with van der Waals surface area (Å²) in [5.41, 5.74) is 6.65. The van der Waals surface area contributed by atoms with Crippen molar-refractivity contribution in [1.29, 1.82) is 0 Å². The summed E-state index contributed by atoms with van der Waals surface area (Å²) in [5, 5.41) is 2.62. The second-order valence-corrected chi connectivity index (χ2v) is 5.37. The molecule has 0 spiro atoms. The molecule has 99 valence electrons. The molecule has 0 bridgehead atoms. The molecule has 0 amide bonds. The predicted octanol–water partition coefficient (Wildman–Crippen LogP) is 4.56. The van der Waals surface area contributed by atoms with Gasteiger partial charge in [-0.25, -0.2) is 0 Å². The van der Waals surface area contributed by atoms with Gasteiger partial charge < -0.3 is 0 Å². The maximum atomic E-state index is 2.28. The van der Waals surface area contributed by atoms with Gasteiger partial charge in [-0.05, 0) is 39.9 Å². The summed E-state index contributed by atoms with van der Waals surface area (Å²) in [6, 6.07) is 21.7. The third-order valence-electron chi connectivity index (χ3n) is 3.97. The van der Waals surface area contributed by atoms with Gasteiger partial charge in [-0.15, -0.1) is 0 Å². The van der Waals surface area contributed by atoms with Gasteiger partial charge in [-0.1, -0.05) is 72.3 Å². The number of hydrogen-bond donors (Lipinski definition) is 0. The molecule has 3 aromatic rings. The molecule has 0 saturated heterocycles. The molecule has 0 aliphatic heterocycles. The minimum Gasteiger partial charge on any atom is -0.0642 e. The molecule has 0 saturated carbocycles. The number of benzene rings is 3. The average molecular weight is 282 g/mol. The summed E-state index contributed by atoms with van der Waals surface area (Å²) < 4.78 is 0. The molecule has 1 aliphatic rings. The Hall–Kier alpha value is -1.57. The maximum absolute atomic E-state index is 2.28. The van der Waals surface area contributed by atoms with E-state index in [-0.39, 0.29) is 23.1 Å². The van der Waals surface area contributed by atoms with Crippen LogP contribution in [-0.4, -0.2) is 23.1 Å². The highest BCUT2D eigenvalue weighted by atomic mass is 24.3. The van der Waals surface area contributed by atoms with E-state index in [9.17, 15) is 0 Å². The molecule has 0 N–H and O–H groups in total. The molecule has 21 heavy (non-hydrogen) atoms. The molecule has 3 aromatic carbocycles. The standard InChI is InChI=1S/C20H15.Mg.2H/c1-14-12-16-8-5-11-19(20(16)13-14)18-10-4-7-15-6-2-3-9-17(15)18;;;/h2-13H,1H3;;;. The first-order valence-electron chi connectivity index (χ1n) is 6.97. The van der Waals surface area contributed by atoms with Crippen molar-refractivity contribution in [2.75, 3.05) is 0 Å². The molecule has 0 heterocycles. The number of rotatable bonds is 1. The van der Waals surface area contributed by atoms with E-state index < -0.39 is 0 Å². The molecule has 4 rings (SSSR count). The van der Waals surface area contributed by atoms with Gasteiger partial charge in [0, 0.05) is 6.42 Å². The molecule has 1 heteroatoms.